The van der Waals surface area contributed by atoms with Crippen LogP contribution in [0.5, 0.6) is 0 Å². The SMILES string of the molecule is N[C@@H]1CCC[C@H]1CC(=O)NCCS(=O)(=O)N1CCN(c2ccccn2)CC1. The molecule has 27 heavy (non-hydrogen) atoms. The van der Waals surface area contributed by atoms with Gasteiger partial charge in [-0.25, -0.2) is 13.4 Å². The van der Waals surface area contributed by atoms with Crippen molar-refractivity contribution in [3.05, 3.63) is 24.4 Å². The Morgan fingerprint density at radius 1 is 1.22 bits per heavy atom. The van der Waals surface area contributed by atoms with Gasteiger partial charge in [0.2, 0.25) is 15.9 Å². The van der Waals surface area contributed by atoms with Crippen molar-refractivity contribution in [2.45, 2.75) is 31.7 Å². The van der Waals surface area contributed by atoms with Crippen molar-refractivity contribution < 1.29 is 13.2 Å². The Hall–Kier alpha value is -1.71. The number of piperazine rings is 1. The number of amides is 1. The summed E-state index contributed by atoms with van der Waals surface area (Å²) in [5.74, 6) is 0.916. The van der Waals surface area contributed by atoms with Crippen molar-refractivity contribution in [2.24, 2.45) is 11.7 Å². The lowest BCUT2D eigenvalue weighted by Crippen LogP contribution is -2.50. The van der Waals surface area contributed by atoms with Crippen LogP contribution in [0.1, 0.15) is 25.7 Å². The summed E-state index contributed by atoms with van der Waals surface area (Å²) in [6.45, 7) is 2.24. The first-order chi connectivity index (χ1) is 13.0. The van der Waals surface area contributed by atoms with Crippen LogP contribution in [0.25, 0.3) is 0 Å². The molecule has 0 spiro atoms. The number of pyridine rings is 1. The third kappa shape index (κ3) is 5.40. The Kier molecular flexibility index (Phi) is 6.67. The van der Waals surface area contributed by atoms with E-state index in [0.717, 1.165) is 25.1 Å². The van der Waals surface area contributed by atoms with Crippen LogP contribution in [0, 0.1) is 5.92 Å². The molecule has 150 valence electrons. The van der Waals surface area contributed by atoms with Crippen molar-refractivity contribution in [2.75, 3.05) is 43.4 Å². The Balaban J connectivity index is 1.40. The molecular formula is C18H29N5O3S. The Bertz CT molecular complexity index is 720. The number of anilines is 1. The summed E-state index contributed by atoms with van der Waals surface area (Å²) in [6.07, 6.45) is 5.14. The molecule has 0 radical (unpaired) electrons. The highest BCUT2D eigenvalue weighted by Gasteiger charge is 2.28. The molecule has 2 aliphatic rings. The number of aromatic nitrogens is 1. The maximum atomic E-state index is 12.5. The molecule has 1 saturated heterocycles. The number of rotatable bonds is 7. The Morgan fingerprint density at radius 2 is 2.00 bits per heavy atom. The van der Waals surface area contributed by atoms with Crippen LogP contribution >= 0.6 is 0 Å². The van der Waals surface area contributed by atoms with E-state index in [1.165, 1.54) is 4.31 Å². The van der Waals surface area contributed by atoms with Gasteiger partial charge in [0.25, 0.3) is 0 Å². The minimum Gasteiger partial charge on any atom is -0.355 e. The van der Waals surface area contributed by atoms with E-state index in [-0.39, 0.29) is 30.2 Å². The molecule has 3 rings (SSSR count). The molecule has 9 heteroatoms. The quantitative estimate of drug-likeness (QED) is 0.681. The highest BCUT2D eigenvalue weighted by atomic mass is 32.2. The number of nitrogens with one attached hydrogen (secondary N) is 1. The third-order valence-corrected chi connectivity index (χ3v) is 7.32. The van der Waals surface area contributed by atoms with Gasteiger partial charge in [-0.2, -0.15) is 4.31 Å². The predicted octanol–water partition coefficient (Wildman–Crippen LogP) is 0.167. The average Bonchev–Trinajstić information content (AvgIpc) is 3.07. The maximum absolute atomic E-state index is 12.5. The van der Waals surface area contributed by atoms with E-state index in [2.05, 4.69) is 15.2 Å². The molecule has 1 aliphatic heterocycles. The van der Waals surface area contributed by atoms with Gasteiger partial charge in [0.05, 0.1) is 5.75 Å². The van der Waals surface area contributed by atoms with Crippen LogP contribution in [-0.4, -0.2) is 68.1 Å². The molecule has 2 atom stereocenters. The lowest BCUT2D eigenvalue weighted by atomic mass is 10.00. The molecular weight excluding hydrogens is 366 g/mol. The molecule has 1 amide bonds. The van der Waals surface area contributed by atoms with Gasteiger partial charge < -0.3 is 16.0 Å². The van der Waals surface area contributed by atoms with Crippen molar-refractivity contribution in [3.8, 4) is 0 Å². The fourth-order valence-electron chi connectivity index (χ4n) is 3.81. The normalized spacial score (nSPS) is 24.1. The summed E-state index contributed by atoms with van der Waals surface area (Å²) in [6, 6.07) is 5.80. The monoisotopic (exact) mass is 395 g/mol. The summed E-state index contributed by atoms with van der Waals surface area (Å²) in [7, 11) is -3.38. The number of hydrogen-bond donors (Lipinski definition) is 2. The van der Waals surface area contributed by atoms with Crippen molar-refractivity contribution in [1.29, 1.82) is 0 Å². The second-order valence-corrected chi connectivity index (χ2v) is 9.39. The first kappa shape index (κ1) is 20.0. The van der Waals surface area contributed by atoms with Crippen LogP contribution in [0.15, 0.2) is 24.4 Å². The van der Waals surface area contributed by atoms with Crippen LogP contribution in [0.2, 0.25) is 0 Å². The van der Waals surface area contributed by atoms with Gasteiger partial charge in [-0.15, -0.1) is 0 Å². The molecule has 3 N–H and O–H groups in total. The number of carbonyl (C=O) groups excluding carboxylic acids is 1. The molecule has 1 aliphatic carbocycles. The topological polar surface area (TPSA) is 109 Å². The minimum absolute atomic E-state index is 0.0704. The first-order valence-corrected chi connectivity index (χ1v) is 11.2. The van der Waals surface area contributed by atoms with Crippen molar-refractivity contribution in [3.63, 3.8) is 0 Å². The van der Waals surface area contributed by atoms with Gasteiger partial charge in [-0.3, -0.25) is 4.79 Å². The molecule has 2 fully saturated rings. The summed E-state index contributed by atoms with van der Waals surface area (Å²) in [4.78, 5) is 18.4. The van der Waals surface area contributed by atoms with Gasteiger partial charge in [0.15, 0.2) is 0 Å². The standard InChI is InChI=1S/C18H29N5O3S/c19-16-5-3-4-15(16)14-18(24)21-8-13-27(25,26)23-11-9-22(10-12-23)17-6-1-2-7-20-17/h1-2,6-7,15-16H,3-5,8-14,19H2,(H,21,24)/t15-,16+/m0/s1. The number of nitrogens with zero attached hydrogens (tertiary/aromatic N) is 3. The summed E-state index contributed by atoms with van der Waals surface area (Å²) in [5.41, 5.74) is 5.98. The highest BCUT2D eigenvalue weighted by molar-refractivity contribution is 7.89. The van der Waals surface area contributed by atoms with Gasteiger partial charge in [-0.1, -0.05) is 12.5 Å². The average molecular weight is 396 g/mol. The fourth-order valence-corrected chi connectivity index (χ4v) is 5.15. The zero-order valence-corrected chi connectivity index (χ0v) is 16.4. The smallest absolute Gasteiger partial charge is 0.220 e. The lowest BCUT2D eigenvalue weighted by molar-refractivity contribution is -0.121. The van der Waals surface area contributed by atoms with Crippen LogP contribution in [-0.2, 0) is 14.8 Å². The second-order valence-electron chi connectivity index (χ2n) is 7.30. The van der Waals surface area contributed by atoms with Gasteiger partial charge in [0.1, 0.15) is 5.82 Å². The summed E-state index contributed by atoms with van der Waals surface area (Å²) >= 11 is 0. The van der Waals surface area contributed by atoms with E-state index in [1.54, 1.807) is 6.20 Å². The minimum atomic E-state index is -3.38. The van der Waals surface area contributed by atoms with Crippen LogP contribution in [0.3, 0.4) is 0 Å². The number of hydrogen-bond acceptors (Lipinski definition) is 6. The second kappa shape index (κ2) is 8.99. The molecule has 1 aromatic rings. The van der Waals surface area contributed by atoms with E-state index >= 15 is 0 Å². The number of sulfonamides is 1. The summed E-state index contributed by atoms with van der Waals surface area (Å²) in [5, 5.41) is 2.74. The molecule has 0 unspecified atom stereocenters. The Labute approximate surface area is 161 Å². The first-order valence-electron chi connectivity index (χ1n) is 9.62. The van der Waals surface area contributed by atoms with Gasteiger partial charge in [-0.05, 0) is 30.9 Å². The molecule has 0 bridgehead atoms. The molecule has 8 nitrogen and oxygen atoms in total. The summed E-state index contributed by atoms with van der Waals surface area (Å²) < 4.78 is 26.6. The zero-order valence-electron chi connectivity index (χ0n) is 15.6. The highest BCUT2D eigenvalue weighted by Crippen LogP contribution is 2.26. The van der Waals surface area contributed by atoms with E-state index in [9.17, 15) is 13.2 Å². The van der Waals surface area contributed by atoms with E-state index in [4.69, 9.17) is 5.73 Å². The van der Waals surface area contributed by atoms with Crippen LogP contribution in [0.4, 0.5) is 5.82 Å². The van der Waals surface area contributed by atoms with Crippen LogP contribution < -0.4 is 16.0 Å². The van der Waals surface area contributed by atoms with Gasteiger partial charge >= 0.3 is 0 Å². The third-order valence-electron chi connectivity index (χ3n) is 5.45. The molecule has 1 aromatic heterocycles. The van der Waals surface area contributed by atoms with E-state index in [1.807, 2.05) is 18.2 Å². The number of carbonyl (C=O) groups is 1. The predicted molar refractivity (Wildman–Crippen MR) is 105 cm³/mol. The molecule has 0 aromatic carbocycles. The maximum Gasteiger partial charge on any atom is 0.220 e. The van der Waals surface area contributed by atoms with Crippen molar-refractivity contribution in [1.82, 2.24) is 14.6 Å². The van der Waals surface area contributed by atoms with E-state index < -0.39 is 10.0 Å². The molecule has 1 saturated carbocycles. The lowest BCUT2D eigenvalue weighted by Gasteiger charge is -2.34. The largest absolute Gasteiger partial charge is 0.355 e. The fraction of sp³-hybridized carbons (Fsp3) is 0.667. The van der Waals surface area contributed by atoms with Crippen molar-refractivity contribution >= 4 is 21.7 Å². The van der Waals surface area contributed by atoms with E-state index in [0.29, 0.717) is 32.6 Å². The van der Waals surface area contributed by atoms with Gasteiger partial charge in [0, 0.05) is 51.4 Å². The molecule has 2 heterocycles. The zero-order chi connectivity index (χ0) is 19.3. The number of nitrogens with two attached hydrogens (primary N) is 1. The Morgan fingerprint density at radius 3 is 2.63 bits per heavy atom.